The van der Waals surface area contributed by atoms with E-state index in [9.17, 15) is 18.8 Å². The first-order valence-electron chi connectivity index (χ1n) is 8.31. The van der Waals surface area contributed by atoms with Crippen molar-refractivity contribution in [3.63, 3.8) is 0 Å². The van der Waals surface area contributed by atoms with E-state index in [1.165, 1.54) is 13.1 Å². The molecule has 0 saturated carbocycles. The van der Waals surface area contributed by atoms with Gasteiger partial charge in [-0.2, -0.15) is 5.26 Å². The summed E-state index contributed by atoms with van der Waals surface area (Å²) >= 11 is 0. The van der Waals surface area contributed by atoms with Crippen LogP contribution in [0, 0.1) is 23.2 Å². The van der Waals surface area contributed by atoms with Crippen LogP contribution in [-0.4, -0.2) is 34.3 Å². The number of nitriles is 1. The van der Waals surface area contributed by atoms with Gasteiger partial charge < -0.3 is 16.0 Å². The van der Waals surface area contributed by atoms with Gasteiger partial charge in [-0.1, -0.05) is 0 Å². The second-order valence-corrected chi connectivity index (χ2v) is 6.20. The van der Waals surface area contributed by atoms with E-state index in [1.54, 1.807) is 25.3 Å². The second-order valence-electron chi connectivity index (χ2n) is 6.20. The molecule has 4 amide bonds. The number of rotatable bonds is 4. The van der Waals surface area contributed by atoms with Crippen molar-refractivity contribution in [2.45, 2.75) is 19.9 Å². The zero-order valence-corrected chi connectivity index (χ0v) is 15.0. The predicted molar refractivity (Wildman–Crippen MR) is 93.9 cm³/mol. The van der Waals surface area contributed by atoms with Crippen LogP contribution in [0.3, 0.4) is 0 Å². The number of pyridine rings is 1. The summed E-state index contributed by atoms with van der Waals surface area (Å²) < 4.78 is 14.0. The predicted octanol–water partition coefficient (Wildman–Crippen LogP) is 0.744. The largest absolute Gasteiger partial charge is 0.365 e. The van der Waals surface area contributed by atoms with Crippen LogP contribution in [0.5, 0.6) is 0 Å². The maximum absolute atomic E-state index is 14.0. The molecule has 1 saturated heterocycles. The molecule has 10 heteroatoms. The third kappa shape index (κ3) is 3.55. The Morgan fingerprint density at radius 3 is 2.89 bits per heavy atom. The number of aromatic nitrogens is 1. The fraction of sp³-hybridized carbons (Fsp3) is 0.222. The zero-order chi connectivity index (χ0) is 20.4. The molecule has 3 N–H and O–H groups in total. The highest BCUT2D eigenvalue weighted by Gasteiger charge is 2.39. The highest BCUT2D eigenvalue weighted by atomic mass is 19.1. The van der Waals surface area contributed by atoms with Crippen molar-refractivity contribution in [1.29, 1.82) is 5.26 Å². The maximum atomic E-state index is 14.0. The molecule has 143 valence electrons. The number of nitrogens with one attached hydrogen (secondary N) is 3. The lowest BCUT2D eigenvalue weighted by atomic mass is 9.99. The quantitative estimate of drug-likeness (QED) is 0.704. The maximum Gasteiger partial charge on any atom is 0.325 e. The molecule has 1 fully saturated rings. The Hall–Kier alpha value is -3.74. The Labute approximate surface area is 159 Å². The van der Waals surface area contributed by atoms with Crippen LogP contribution in [0.2, 0.25) is 0 Å². The summed E-state index contributed by atoms with van der Waals surface area (Å²) in [6, 6.07) is 1.59. The Morgan fingerprint density at radius 2 is 2.21 bits per heavy atom. The Morgan fingerprint density at radius 1 is 1.46 bits per heavy atom. The van der Waals surface area contributed by atoms with Gasteiger partial charge in [0, 0.05) is 11.9 Å². The summed E-state index contributed by atoms with van der Waals surface area (Å²) in [6.07, 6.45) is 4.33. The first kappa shape index (κ1) is 19.0. The number of fused-ring (bicyclic) bond motifs is 1. The summed E-state index contributed by atoms with van der Waals surface area (Å²) in [7, 11) is 0. The number of dihydropyridines is 1. The molecule has 0 spiro atoms. The van der Waals surface area contributed by atoms with Crippen molar-refractivity contribution in [3.8, 4) is 6.07 Å². The van der Waals surface area contributed by atoms with Crippen LogP contribution in [0.25, 0.3) is 0 Å². The smallest absolute Gasteiger partial charge is 0.325 e. The van der Waals surface area contributed by atoms with E-state index < -0.39 is 36.2 Å². The molecule has 0 aromatic carbocycles. The van der Waals surface area contributed by atoms with Gasteiger partial charge in [-0.3, -0.25) is 19.5 Å². The van der Waals surface area contributed by atoms with Gasteiger partial charge in [-0.15, -0.1) is 0 Å². The van der Waals surface area contributed by atoms with Crippen LogP contribution in [0.4, 0.5) is 9.18 Å². The molecule has 1 atom stereocenters. The lowest BCUT2D eigenvalue weighted by molar-refractivity contribution is -0.131. The molecule has 0 unspecified atom stereocenters. The number of nitrogens with zero attached hydrogens (tertiary/aromatic N) is 3. The van der Waals surface area contributed by atoms with E-state index in [0.29, 0.717) is 11.7 Å². The molecule has 9 nitrogen and oxygen atoms in total. The third-order valence-corrected chi connectivity index (χ3v) is 4.23. The van der Waals surface area contributed by atoms with Gasteiger partial charge in [0.1, 0.15) is 24.5 Å². The zero-order valence-electron chi connectivity index (χ0n) is 15.0. The number of carbonyl (C=O) groups excluding carboxylic acids is 3. The fourth-order valence-corrected chi connectivity index (χ4v) is 2.87. The summed E-state index contributed by atoms with van der Waals surface area (Å²) in [5, 5.41) is 16.7. The summed E-state index contributed by atoms with van der Waals surface area (Å²) in [5.41, 5.74) is 0.812. The minimum absolute atomic E-state index is 0.0567. The van der Waals surface area contributed by atoms with Crippen LogP contribution < -0.4 is 16.0 Å². The molecular weight excluding hydrogens is 367 g/mol. The summed E-state index contributed by atoms with van der Waals surface area (Å²) in [4.78, 5) is 41.8. The molecule has 1 radical (unpaired) electrons. The van der Waals surface area contributed by atoms with Crippen molar-refractivity contribution in [3.05, 3.63) is 58.9 Å². The third-order valence-electron chi connectivity index (χ3n) is 4.23. The summed E-state index contributed by atoms with van der Waals surface area (Å²) in [6.45, 7) is 2.64. The average molecular weight is 383 g/mol. The van der Waals surface area contributed by atoms with Gasteiger partial charge >= 0.3 is 6.03 Å². The second kappa shape index (κ2) is 7.48. The van der Waals surface area contributed by atoms with Crippen molar-refractivity contribution in [2.75, 3.05) is 6.54 Å². The Bertz CT molecular complexity index is 965. The van der Waals surface area contributed by atoms with Crippen LogP contribution in [0.1, 0.15) is 31.1 Å². The topological polar surface area (TPSA) is 127 Å². The Kier molecular flexibility index (Phi) is 5.08. The number of carbonyl (C=O) groups is 3. The molecule has 1 aromatic rings. The Balaban J connectivity index is 1.70. The van der Waals surface area contributed by atoms with Gasteiger partial charge in [0.2, 0.25) is 5.91 Å². The van der Waals surface area contributed by atoms with Crippen molar-refractivity contribution < 1.29 is 18.8 Å². The minimum Gasteiger partial charge on any atom is -0.365 e. The molecule has 2 aliphatic rings. The number of imide groups is 1. The molecule has 28 heavy (non-hydrogen) atoms. The molecular formula is C18H16FN6O3. The lowest BCUT2D eigenvalue weighted by Gasteiger charge is -2.33. The van der Waals surface area contributed by atoms with E-state index in [1.807, 2.05) is 0 Å². The van der Waals surface area contributed by atoms with Crippen molar-refractivity contribution in [2.24, 2.45) is 0 Å². The molecule has 3 rings (SSSR count). The molecule has 0 bridgehead atoms. The molecule has 2 aliphatic heterocycles. The molecule has 3 heterocycles. The van der Waals surface area contributed by atoms with Crippen molar-refractivity contribution in [1.82, 2.24) is 25.8 Å². The van der Waals surface area contributed by atoms with Gasteiger partial charge in [0.15, 0.2) is 0 Å². The number of amides is 4. The molecule has 1 aromatic heterocycles. The van der Waals surface area contributed by atoms with Crippen LogP contribution >= 0.6 is 0 Å². The van der Waals surface area contributed by atoms with Gasteiger partial charge in [-0.25, -0.2) is 9.18 Å². The van der Waals surface area contributed by atoms with E-state index in [-0.39, 0.29) is 16.8 Å². The number of allylic oxidation sites excluding steroid dienone is 1. The minimum atomic E-state index is -0.828. The van der Waals surface area contributed by atoms with E-state index in [0.717, 1.165) is 11.0 Å². The molecule has 0 aliphatic carbocycles. The normalized spacial score (nSPS) is 17.4. The highest BCUT2D eigenvalue weighted by Crippen LogP contribution is 2.25. The monoisotopic (exact) mass is 383 g/mol. The number of hydrogen-bond donors (Lipinski definition) is 3. The van der Waals surface area contributed by atoms with Gasteiger partial charge in [0.25, 0.3) is 5.91 Å². The first-order valence-corrected chi connectivity index (χ1v) is 8.31. The van der Waals surface area contributed by atoms with Gasteiger partial charge in [0.05, 0.1) is 22.9 Å². The standard InChI is InChI=1S/C18H16FN6O3/c1-9-15-13(3-4-21-9)24-18(28)25(17(15)27)8-14(26)23-10(2)16-12(19)5-11(6-20)7-22-16/h3-5,7,10,21H,8H2,1-2H3,(H,23,26)(H,24,28)/t10-/m1/s1. The lowest BCUT2D eigenvalue weighted by Crippen LogP contribution is -2.56. The SMILES string of the molecule is CC1=C2[C](C=CN1)NC(=O)N(CC(=O)N[C@H](C)c1ncc(C#N)cc1F)C2=O. The average Bonchev–Trinajstić information content (AvgIpc) is 2.64. The van der Waals surface area contributed by atoms with Crippen molar-refractivity contribution >= 4 is 17.8 Å². The number of hydrogen-bond acceptors (Lipinski definition) is 6. The fourth-order valence-electron chi connectivity index (χ4n) is 2.87. The highest BCUT2D eigenvalue weighted by molar-refractivity contribution is 6.12. The van der Waals surface area contributed by atoms with Crippen LogP contribution in [-0.2, 0) is 9.59 Å². The first-order chi connectivity index (χ1) is 13.3. The number of urea groups is 1. The van der Waals surface area contributed by atoms with Gasteiger partial charge in [-0.05, 0) is 32.2 Å². The van der Waals surface area contributed by atoms with E-state index in [4.69, 9.17) is 5.26 Å². The van der Waals surface area contributed by atoms with E-state index >= 15 is 0 Å². The number of halogens is 1. The van der Waals surface area contributed by atoms with E-state index in [2.05, 4.69) is 20.9 Å². The van der Waals surface area contributed by atoms with Crippen LogP contribution in [0.15, 0.2) is 35.8 Å². The summed E-state index contributed by atoms with van der Waals surface area (Å²) in [5.74, 6) is -2.01.